The largest absolute Gasteiger partial charge is 0.278 e. The molecule has 9 aromatic rings. The molecule has 7 aromatic carbocycles. The molecule has 0 atom stereocenters. The summed E-state index contributed by atoms with van der Waals surface area (Å²) < 4.78 is 2.22. The van der Waals surface area contributed by atoms with Crippen LogP contribution in [0.25, 0.3) is 83.6 Å². The Balaban J connectivity index is 1.30. The average Bonchev–Trinajstić information content (AvgIpc) is 3.47. The van der Waals surface area contributed by atoms with Crippen molar-refractivity contribution in [2.45, 2.75) is 9.79 Å². The summed E-state index contributed by atoms with van der Waals surface area (Å²) in [5, 5.41) is 4.92. The van der Waals surface area contributed by atoms with Gasteiger partial charge in [-0.2, -0.15) is 9.97 Å². The quantitative estimate of drug-likeness (QED) is 0.194. The van der Waals surface area contributed by atoms with E-state index in [9.17, 15) is 0 Å². The van der Waals surface area contributed by atoms with Crippen LogP contribution in [0.5, 0.6) is 0 Å². The molecule has 0 bridgehead atoms. The van der Waals surface area contributed by atoms with E-state index in [1.807, 2.05) is 48.2 Å². The van der Waals surface area contributed by atoms with Gasteiger partial charge in [0.1, 0.15) is 0 Å². The van der Waals surface area contributed by atoms with Gasteiger partial charge in [-0.25, -0.2) is 4.98 Å². The molecule has 5 heteroatoms. The molecular weight excluding hydrogens is 605 g/mol. The number of rotatable bonds is 4. The molecule has 0 fully saturated rings. The van der Waals surface area contributed by atoms with Crippen LogP contribution >= 0.6 is 11.8 Å². The first-order valence-corrected chi connectivity index (χ1v) is 16.9. The van der Waals surface area contributed by atoms with E-state index in [0.717, 1.165) is 27.5 Å². The molecule has 3 heterocycles. The smallest absolute Gasteiger partial charge is 0.238 e. The van der Waals surface area contributed by atoms with Crippen molar-refractivity contribution < 1.29 is 0 Å². The third kappa shape index (κ3) is 4.29. The summed E-state index contributed by atoms with van der Waals surface area (Å²) in [6.45, 7) is 0. The topological polar surface area (TPSA) is 43.6 Å². The normalized spacial score (nSPS) is 12.1. The van der Waals surface area contributed by atoms with Crippen LogP contribution in [-0.2, 0) is 0 Å². The van der Waals surface area contributed by atoms with Crippen molar-refractivity contribution in [1.29, 1.82) is 0 Å². The second-order valence-electron chi connectivity index (χ2n) is 12.1. The summed E-state index contributed by atoms with van der Waals surface area (Å²) >= 11 is 1.84. The Labute approximate surface area is 281 Å². The lowest BCUT2D eigenvalue weighted by Crippen LogP contribution is -2.06. The minimum absolute atomic E-state index is 0.596. The van der Waals surface area contributed by atoms with Gasteiger partial charge >= 0.3 is 0 Å². The maximum absolute atomic E-state index is 5.17. The van der Waals surface area contributed by atoms with E-state index in [1.54, 1.807) is 0 Å². The number of aromatic nitrogens is 4. The minimum Gasteiger partial charge on any atom is -0.278 e. The lowest BCUT2D eigenvalue weighted by molar-refractivity contribution is 0.952. The second kappa shape index (κ2) is 10.8. The Morgan fingerprint density at radius 1 is 0.417 bits per heavy atom. The van der Waals surface area contributed by atoms with Crippen LogP contribution in [0, 0.1) is 0 Å². The van der Waals surface area contributed by atoms with Gasteiger partial charge in [0, 0.05) is 37.1 Å². The Kier molecular flexibility index (Phi) is 6.08. The average molecular weight is 631 g/mol. The van der Waals surface area contributed by atoms with E-state index in [1.165, 1.54) is 48.2 Å². The molecule has 48 heavy (non-hydrogen) atoms. The number of benzene rings is 7. The molecule has 0 N–H and O–H groups in total. The molecule has 0 amide bonds. The van der Waals surface area contributed by atoms with Crippen LogP contribution in [-0.4, -0.2) is 19.5 Å². The number of hydrogen-bond donors (Lipinski definition) is 0. The van der Waals surface area contributed by atoms with Gasteiger partial charge in [0.05, 0.1) is 11.0 Å². The fourth-order valence-corrected chi connectivity index (χ4v) is 8.16. The van der Waals surface area contributed by atoms with Gasteiger partial charge in [0.15, 0.2) is 11.6 Å². The van der Waals surface area contributed by atoms with Gasteiger partial charge in [0.2, 0.25) is 5.95 Å². The minimum atomic E-state index is 0.596. The lowest BCUT2D eigenvalue weighted by atomic mass is 9.96. The van der Waals surface area contributed by atoms with Gasteiger partial charge in [0.25, 0.3) is 0 Å². The Bertz CT molecular complexity index is 2620. The summed E-state index contributed by atoms with van der Waals surface area (Å²) in [4.78, 5) is 17.8. The predicted octanol–water partition coefficient (Wildman–Crippen LogP) is 11.3. The van der Waals surface area contributed by atoms with Crippen LogP contribution in [0.2, 0.25) is 0 Å². The molecule has 0 unspecified atom stereocenters. The van der Waals surface area contributed by atoms with Gasteiger partial charge < -0.3 is 0 Å². The fourth-order valence-electron chi connectivity index (χ4n) is 7.00. The summed E-state index contributed by atoms with van der Waals surface area (Å²) in [6, 6.07) is 55.6. The van der Waals surface area contributed by atoms with Crippen molar-refractivity contribution in [2.24, 2.45) is 0 Å². The fraction of sp³-hybridized carbons (Fsp3) is 0. The summed E-state index contributed by atoms with van der Waals surface area (Å²) in [5.41, 5.74) is 8.90. The molecule has 4 nitrogen and oxygen atoms in total. The summed E-state index contributed by atoms with van der Waals surface area (Å²) in [6.07, 6.45) is 0. The van der Waals surface area contributed by atoms with Gasteiger partial charge in [-0.1, -0.05) is 139 Å². The molecule has 1 aliphatic rings. The summed E-state index contributed by atoms with van der Waals surface area (Å²) in [5.74, 6) is 1.88. The number of nitrogens with zero attached hydrogens (tertiary/aromatic N) is 4. The first kappa shape index (κ1) is 27.1. The zero-order valence-corrected chi connectivity index (χ0v) is 26.5. The first-order chi connectivity index (χ1) is 23.8. The molecule has 2 aromatic heterocycles. The Morgan fingerprint density at radius 2 is 1.04 bits per heavy atom. The molecule has 0 aliphatic carbocycles. The standard InChI is InChI=1S/C43H26N4S/c1-4-12-27(13-5-1)31-22-23-36-33(24-31)34-25-35-32-20-10-18-28-19-11-21-38(40(28)32)48-39(35)26-37(34)47(36)43-45-41(29-14-6-2-7-15-29)44-42(46-43)30-16-8-3-9-17-30/h1-26H. The molecule has 0 radical (unpaired) electrons. The van der Waals surface area contributed by atoms with Gasteiger partial charge in [-0.05, 0) is 58.0 Å². The van der Waals surface area contributed by atoms with E-state index < -0.39 is 0 Å². The van der Waals surface area contributed by atoms with E-state index >= 15 is 0 Å². The Hall–Kier alpha value is -6.04. The van der Waals surface area contributed by atoms with Crippen molar-refractivity contribution in [3.05, 3.63) is 158 Å². The van der Waals surface area contributed by atoms with Crippen molar-refractivity contribution in [1.82, 2.24) is 19.5 Å². The highest BCUT2D eigenvalue weighted by Crippen LogP contribution is 2.50. The van der Waals surface area contributed by atoms with Gasteiger partial charge in [-0.3, -0.25) is 4.57 Å². The third-order valence-electron chi connectivity index (χ3n) is 9.24. The number of hydrogen-bond acceptors (Lipinski definition) is 4. The zero-order valence-electron chi connectivity index (χ0n) is 25.7. The maximum atomic E-state index is 5.17. The maximum Gasteiger partial charge on any atom is 0.238 e. The van der Waals surface area contributed by atoms with Gasteiger partial charge in [-0.15, -0.1) is 0 Å². The Morgan fingerprint density at radius 3 is 1.73 bits per heavy atom. The lowest BCUT2D eigenvalue weighted by Gasteiger charge is -2.20. The van der Waals surface area contributed by atoms with Crippen LogP contribution in [0.3, 0.4) is 0 Å². The van der Waals surface area contributed by atoms with E-state index in [-0.39, 0.29) is 0 Å². The van der Waals surface area contributed by atoms with Crippen LogP contribution in [0.1, 0.15) is 0 Å². The second-order valence-corrected chi connectivity index (χ2v) is 13.2. The van der Waals surface area contributed by atoms with Crippen LogP contribution in [0.4, 0.5) is 0 Å². The highest BCUT2D eigenvalue weighted by molar-refractivity contribution is 7.99. The number of fused-ring (bicyclic) bond motifs is 5. The highest BCUT2D eigenvalue weighted by Gasteiger charge is 2.24. The zero-order chi connectivity index (χ0) is 31.6. The molecule has 1 aliphatic heterocycles. The monoisotopic (exact) mass is 630 g/mol. The van der Waals surface area contributed by atoms with Crippen molar-refractivity contribution in [2.75, 3.05) is 0 Å². The van der Waals surface area contributed by atoms with Crippen molar-refractivity contribution in [3.63, 3.8) is 0 Å². The SMILES string of the molecule is c1ccc(-c2ccc3c(c2)c2cc4c(cc2n3-c2nc(-c3ccccc3)nc(-c3ccccc3)n2)Sc2cccc3cccc-4c23)cc1. The summed E-state index contributed by atoms with van der Waals surface area (Å²) in [7, 11) is 0. The molecule has 0 saturated heterocycles. The van der Waals surface area contributed by atoms with Crippen LogP contribution < -0.4 is 0 Å². The highest BCUT2D eigenvalue weighted by atomic mass is 32.2. The van der Waals surface area contributed by atoms with Crippen LogP contribution in [0.15, 0.2) is 168 Å². The van der Waals surface area contributed by atoms with Crippen molar-refractivity contribution >= 4 is 44.3 Å². The molecule has 10 rings (SSSR count). The van der Waals surface area contributed by atoms with Crippen molar-refractivity contribution in [3.8, 4) is 51.0 Å². The molecular formula is C43H26N4S. The predicted molar refractivity (Wildman–Crippen MR) is 198 cm³/mol. The molecule has 224 valence electrons. The molecule has 0 saturated carbocycles. The third-order valence-corrected chi connectivity index (χ3v) is 10.4. The van der Waals surface area contributed by atoms with E-state index in [2.05, 4.69) is 126 Å². The van der Waals surface area contributed by atoms with E-state index in [0.29, 0.717) is 17.6 Å². The first-order valence-electron chi connectivity index (χ1n) is 16.0. The molecule has 0 spiro atoms. The van der Waals surface area contributed by atoms with E-state index in [4.69, 9.17) is 15.0 Å².